The van der Waals surface area contributed by atoms with Crippen molar-refractivity contribution in [2.45, 2.75) is 32.3 Å². The van der Waals surface area contributed by atoms with E-state index in [-0.39, 0.29) is 18.1 Å². The molecular weight excluding hydrogens is 527 g/mol. The molecule has 2 aliphatic rings. The topological polar surface area (TPSA) is 109 Å². The third kappa shape index (κ3) is 5.16. The van der Waals surface area contributed by atoms with Crippen molar-refractivity contribution in [1.82, 2.24) is 19.6 Å². The Labute approximate surface area is 229 Å². The third-order valence-electron chi connectivity index (χ3n) is 7.37. The number of para-hydroxylation sites is 2. The Morgan fingerprint density at radius 1 is 1.02 bits per heavy atom. The van der Waals surface area contributed by atoms with Gasteiger partial charge in [-0.3, -0.25) is 4.79 Å². The van der Waals surface area contributed by atoms with E-state index >= 15 is 0 Å². The van der Waals surface area contributed by atoms with Crippen LogP contribution in [-0.4, -0.2) is 71.1 Å². The summed E-state index contributed by atoms with van der Waals surface area (Å²) in [5.74, 6) is -0.819. The number of urea groups is 1. The Hall–Kier alpha value is -4.26. The molecule has 0 saturated carbocycles. The number of carbonyl (C=O) groups is 2. The van der Waals surface area contributed by atoms with Crippen molar-refractivity contribution in [3.05, 3.63) is 65.4 Å². The van der Waals surface area contributed by atoms with Crippen LogP contribution >= 0.6 is 0 Å². The van der Waals surface area contributed by atoms with Gasteiger partial charge in [-0.25, -0.2) is 9.48 Å². The van der Waals surface area contributed by atoms with Gasteiger partial charge >= 0.3 is 12.4 Å². The first kappa shape index (κ1) is 27.3. The van der Waals surface area contributed by atoms with Gasteiger partial charge in [0.25, 0.3) is 5.91 Å². The number of amides is 3. The highest BCUT2D eigenvalue weighted by atomic mass is 19.4. The predicted octanol–water partition coefficient (Wildman–Crippen LogP) is 3.90. The predicted molar refractivity (Wildman–Crippen MR) is 143 cm³/mol. The quantitative estimate of drug-likeness (QED) is 0.493. The lowest BCUT2D eigenvalue weighted by Gasteiger charge is -2.34. The fourth-order valence-corrected chi connectivity index (χ4v) is 5.25. The molecule has 2 aliphatic heterocycles. The molecule has 0 unspecified atom stereocenters. The molecule has 3 amide bonds. The van der Waals surface area contributed by atoms with E-state index in [2.05, 4.69) is 32.0 Å². The van der Waals surface area contributed by atoms with Crippen molar-refractivity contribution < 1.29 is 27.5 Å². The Morgan fingerprint density at radius 3 is 2.30 bits per heavy atom. The standard InChI is InChI=1S/C27H30F3N7O3/c1-26(2)22-19(16-36(26)25(31)39)23(33-37(22)20-6-4-5-7-21(20)40-27(28,29)30)32-24(38)17-8-10-18(11-9-17)35-14-12-34(3)13-15-35/h4-11H,12-16H2,1-3H3,(H2,31,39)(H,32,33,38). The van der Waals surface area contributed by atoms with Crippen LogP contribution in [0, 0.1) is 0 Å². The number of nitrogens with zero attached hydrogens (tertiary/aromatic N) is 5. The number of anilines is 2. The summed E-state index contributed by atoms with van der Waals surface area (Å²) in [5.41, 5.74) is 6.84. The van der Waals surface area contributed by atoms with Gasteiger partial charge in [0.1, 0.15) is 5.69 Å². The monoisotopic (exact) mass is 557 g/mol. The Kier molecular flexibility index (Phi) is 6.86. The first-order chi connectivity index (χ1) is 18.8. The molecule has 0 atom stereocenters. The molecule has 13 heteroatoms. The van der Waals surface area contributed by atoms with Crippen molar-refractivity contribution in [1.29, 1.82) is 0 Å². The van der Waals surface area contributed by atoms with Crippen LogP contribution in [0.5, 0.6) is 5.75 Å². The lowest BCUT2D eigenvalue weighted by Crippen LogP contribution is -2.44. The summed E-state index contributed by atoms with van der Waals surface area (Å²) in [5, 5.41) is 7.28. The summed E-state index contributed by atoms with van der Waals surface area (Å²) in [4.78, 5) is 31.4. The maximum absolute atomic E-state index is 13.3. The minimum absolute atomic E-state index is 0.00695. The summed E-state index contributed by atoms with van der Waals surface area (Å²) >= 11 is 0. The van der Waals surface area contributed by atoms with Crippen LogP contribution in [0.2, 0.25) is 0 Å². The van der Waals surface area contributed by atoms with Crippen molar-refractivity contribution in [3.63, 3.8) is 0 Å². The van der Waals surface area contributed by atoms with Crippen molar-refractivity contribution >= 4 is 23.4 Å². The van der Waals surface area contributed by atoms with Crippen molar-refractivity contribution in [3.8, 4) is 11.4 Å². The van der Waals surface area contributed by atoms with E-state index in [1.165, 1.54) is 27.8 Å². The molecular formula is C27H30F3N7O3. The van der Waals surface area contributed by atoms with E-state index in [0.717, 1.165) is 31.9 Å². The maximum atomic E-state index is 13.3. The maximum Gasteiger partial charge on any atom is 0.573 e. The fourth-order valence-electron chi connectivity index (χ4n) is 5.25. The molecule has 40 heavy (non-hydrogen) atoms. The van der Waals surface area contributed by atoms with Gasteiger partial charge < -0.3 is 30.5 Å². The summed E-state index contributed by atoms with van der Waals surface area (Å²) in [6.45, 7) is 7.10. The molecule has 1 aromatic heterocycles. The number of fused-ring (bicyclic) bond motifs is 1. The zero-order valence-corrected chi connectivity index (χ0v) is 22.3. The first-order valence-electron chi connectivity index (χ1n) is 12.7. The smallest absolute Gasteiger partial charge is 0.403 e. The number of hydrogen-bond donors (Lipinski definition) is 2. The van der Waals surface area contributed by atoms with E-state index in [1.54, 1.807) is 32.0 Å². The zero-order chi connectivity index (χ0) is 28.8. The van der Waals surface area contributed by atoms with Crippen LogP contribution in [0.25, 0.3) is 5.69 Å². The van der Waals surface area contributed by atoms with Crippen molar-refractivity contribution in [2.24, 2.45) is 5.73 Å². The van der Waals surface area contributed by atoms with Crippen LogP contribution < -0.4 is 20.7 Å². The second-order valence-corrected chi connectivity index (χ2v) is 10.4. The lowest BCUT2D eigenvalue weighted by atomic mass is 10.00. The molecule has 3 aromatic rings. The van der Waals surface area contributed by atoms with Crippen LogP contribution in [0.3, 0.4) is 0 Å². The number of piperazine rings is 1. The molecule has 0 spiro atoms. The number of hydrogen-bond acceptors (Lipinski definition) is 6. The highest BCUT2D eigenvalue weighted by Gasteiger charge is 2.46. The van der Waals surface area contributed by atoms with Crippen LogP contribution in [0.4, 0.5) is 29.5 Å². The van der Waals surface area contributed by atoms with Crippen LogP contribution in [0.15, 0.2) is 48.5 Å². The van der Waals surface area contributed by atoms with Gasteiger partial charge in [0, 0.05) is 43.0 Å². The molecule has 1 fully saturated rings. The zero-order valence-electron chi connectivity index (χ0n) is 22.3. The van der Waals surface area contributed by atoms with E-state index < -0.39 is 29.6 Å². The second kappa shape index (κ2) is 10.0. The second-order valence-electron chi connectivity index (χ2n) is 10.4. The molecule has 2 aromatic carbocycles. The number of alkyl halides is 3. The minimum Gasteiger partial charge on any atom is -0.403 e. The number of carbonyl (C=O) groups excluding carboxylic acids is 2. The number of likely N-dealkylation sites (N-methyl/N-ethyl adjacent to an activating group) is 1. The van der Waals surface area contributed by atoms with Crippen molar-refractivity contribution in [2.75, 3.05) is 43.4 Å². The SMILES string of the molecule is CN1CCN(c2ccc(C(=O)Nc3nn(-c4ccccc4OC(F)(F)F)c4c3CN(C(N)=O)C4(C)C)cc2)CC1. The molecule has 3 N–H and O–H groups in total. The third-order valence-corrected chi connectivity index (χ3v) is 7.37. The summed E-state index contributed by atoms with van der Waals surface area (Å²) in [7, 11) is 2.08. The molecule has 10 nitrogen and oxygen atoms in total. The van der Waals surface area contributed by atoms with Gasteiger partial charge in [-0.15, -0.1) is 18.3 Å². The number of nitrogens with one attached hydrogen (secondary N) is 1. The molecule has 0 radical (unpaired) electrons. The molecule has 0 aliphatic carbocycles. The van der Waals surface area contributed by atoms with E-state index in [4.69, 9.17) is 5.73 Å². The van der Waals surface area contributed by atoms with Gasteiger partial charge in [-0.1, -0.05) is 12.1 Å². The number of rotatable bonds is 5. The van der Waals surface area contributed by atoms with Gasteiger partial charge in [0.05, 0.1) is 17.8 Å². The number of benzene rings is 2. The summed E-state index contributed by atoms with van der Waals surface area (Å²) < 4.78 is 45.1. The van der Waals surface area contributed by atoms with E-state index in [1.807, 2.05) is 12.1 Å². The highest BCUT2D eigenvalue weighted by Crippen LogP contribution is 2.44. The van der Waals surface area contributed by atoms with E-state index in [9.17, 15) is 22.8 Å². The molecule has 5 rings (SSSR count). The average Bonchev–Trinajstić information content (AvgIpc) is 3.39. The number of aromatic nitrogens is 2. The largest absolute Gasteiger partial charge is 0.573 e. The summed E-state index contributed by atoms with van der Waals surface area (Å²) in [6, 6.07) is 12.0. The lowest BCUT2D eigenvalue weighted by molar-refractivity contribution is -0.274. The molecule has 0 bridgehead atoms. The van der Waals surface area contributed by atoms with Crippen LogP contribution in [-0.2, 0) is 12.1 Å². The van der Waals surface area contributed by atoms with Gasteiger partial charge in [-0.2, -0.15) is 0 Å². The number of ether oxygens (including phenoxy) is 1. The van der Waals surface area contributed by atoms with Gasteiger partial charge in [0.15, 0.2) is 11.6 Å². The number of halogens is 3. The molecule has 1 saturated heterocycles. The van der Waals surface area contributed by atoms with Crippen LogP contribution in [0.1, 0.15) is 35.5 Å². The normalized spacial score (nSPS) is 17.1. The first-order valence-corrected chi connectivity index (χ1v) is 12.7. The van der Waals surface area contributed by atoms with Gasteiger partial charge in [0.2, 0.25) is 0 Å². The van der Waals surface area contributed by atoms with Gasteiger partial charge in [-0.05, 0) is 57.3 Å². The number of nitrogens with two attached hydrogens (primary N) is 1. The number of primary amides is 1. The summed E-state index contributed by atoms with van der Waals surface area (Å²) in [6.07, 6.45) is -4.94. The Bertz CT molecular complexity index is 1430. The Morgan fingerprint density at radius 2 is 1.68 bits per heavy atom. The highest BCUT2D eigenvalue weighted by molar-refractivity contribution is 6.04. The molecule has 212 valence electrons. The average molecular weight is 558 g/mol. The Balaban J connectivity index is 1.49. The van der Waals surface area contributed by atoms with E-state index in [0.29, 0.717) is 16.8 Å². The molecule has 3 heterocycles. The minimum atomic E-state index is -4.94. The fraction of sp³-hybridized carbons (Fsp3) is 0.370.